The summed E-state index contributed by atoms with van der Waals surface area (Å²) in [7, 11) is 0. The van der Waals surface area contributed by atoms with Crippen LogP contribution in [0.2, 0.25) is 0 Å². The number of primary amides is 1. The molecule has 0 atom stereocenters. The number of nitrogens with one attached hydrogen (secondary N) is 2. The number of nitrogens with two attached hydrogens (primary N) is 1. The third kappa shape index (κ3) is 3.77. The van der Waals surface area contributed by atoms with Gasteiger partial charge >= 0.3 is 6.03 Å². The van der Waals surface area contributed by atoms with Gasteiger partial charge in [-0.1, -0.05) is 13.0 Å². The molecule has 0 radical (unpaired) electrons. The molecule has 0 aliphatic heterocycles. The summed E-state index contributed by atoms with van der Waals surface area (Å²) < 4.78 is 5.60. The number of carbonyl (C=O) groups excluding carboxylic acids is 1. The average Bonchev–Trinajstić information content (AvgIpc) is 2.84. The lowest BCUT2D eigenvalue weighted by molar-refractivity contribution is 0.259. The summed E-state index contributed by atoms with van der Waals surface area (Å²) in [6.07, 6.45) is 0.887. The fourth-order valence-electron chi connectivity index (χ4n) is 1.75. The molecule has 0 unspecified atom stereocenters. The van der Waals surface area contributed by atoms with Gasteiger partial charge < -0.3 is 20.8 Å². The number of amides is 2. The maximum absolute atomic E-state index is 10.8. The quantitative estimate of drug-likeness (QED) is 0.772. The van der Waals surface area contributed by atoms with E-state index in [1.54, 1.807) is 6.07 Å². The van der Waals surface area contributed by atoms with E-state index in [0.717, 1.165) is 23.6 Å². The fraction of sp³-hybridized carbons (Fsp3) is 0.214. The molecule has 0 bridgehead atoms. The monoisotopic (exact) mass is 259 g/mol. The number of benzene rings is 1. The van der Waals surface area contributed by atoms with Crippen LogP contribution in [0.5, 0.6) is 0 Å². The highest BCUT2D eigenvalue weighted by molar-refractivity contribution is 5.88. The van der Waals surface area contributed by atoms with Gasteiger partial charge in [-0.25, -0.2) is 4.79 Å². The van der Waals surface area contributed by atoms with Gasteiger partial charge in [0.1, 0.15) is 11.5 Å². The Morgan fingerprint density at radius 1 is 1.21 bits per heavy atom. The van der Waals surface area contributed by atoms with Crippen molar-refractivity contribution in [2.45, 2.75) is 19.9 Å². The number of anilines is 2. The van der Waals surface area contributed by atoms with Crippen molar-refractivity contribution < 1.29 is 9.21 Å². The Morgan fingerprint density at radius 2 is 1.95 bits per heavy atom. The first-order valence-corrected chi connectivity index (χ1v) is 6.15. The molecular formula is C14H17N3O2. The molecule has 0 aliphatic rings. The predicted octanol–water partition coefficient (Wildman–Crippen LogP) is 2.94. The summed E-state index contributed by atoms with van der Waals surface area (Å²) in [6.45, 7) is 2.65. The van der Waals surface area contributed by atoms with Crippen molar-refractivity contribution in [3.63, 3.8) is 0 Å². The third-order valence-corrected chi connectivity index (χ3v) is 2.66. The van der Waals surface area contributed by atoms with Crippen LogP contribution in [0.3, 0.4) is 0 Å². The van der Waals surface area contributed by atoms with Crippen LogP contribution in [0.15, 0.2) is 40.8 Å². The van der Waals surface area contributed by atoms with Crippen LogP contribution in [0, 0.1) is 0 Å². The van der Waals surface area contributed by atoms with E-state index in [1.165, 1.54) is 0 Å². The van der Waals surface area contributed by atoms with E-state index in [4.69, 9.17) is 10.2 Å². The van der Waals surface area contributed by atoms with E-state index in [-0.39, 0.29) is 0 Å². The molecule has 0 saturated heterocycles. The Kier molecular flexibility index (Phi) is 4.07. The summed E-state index contributed by atoms with van der Waals surface area (Å²) in [5.74, 6) is 1.85. The Labute approximate surface area is 111 Å². The number of urea groups is 1. The smallest absolute Gasteiger partial charge is 0.316 e. The molecule has 2 rings (SSSR count). The van der Waals surface area contributed by atoms with Crippen molar-refractivity contribution in [1.82, 2.24) is 0 Å². The Balaban J connectivity index is 1.97. The van der Waals surface area contributed by atoms with Crippen LogP contribution in [0.4, 0.5) is 16.2 Å². The van der Waals surface area contributed by atoms with Gasteiger partial charge in [0.15, 0.2) is 0 Å². The van der Waals surface area contributed by atoms with E-state index < -0.39 is 6.03 Å². The Morgan fingerprint density at radius 3 is 2.63 bits per heavy atom. The number of furan rings is 1. The van der Waals surface area contributed by atoms with E-state index in [1.807, 2.05) is 30.3 Å². The normalized spacial score (nSPS) is 10.2. The predicted molar refractivity (Wildman–Crippen MR) is 75.1 cm³/mol. The van der Waals surface area contributed by atoms with Gasteiger partial charge in [-0.05, 0) is 30.3 Å². The summed E-state index contributed by atoms with van der Waals surface area (Å²) >= 11 is 0. The molecule has 4 N–H and O–H groups in total. The highest BCUT2D eigenvalue weighted by Gasteiger charge is 2.01. The van der Waals surface area contributed by atoms with Crippen LogP contribution >= 0.6 is 0 Å². The largest absolute Gasteiger partial charge is 0.464 e. The second kappa shape index (κ2) is 5.95. The SMILES string of the molecule is CCc1ccc(CNc2cccc(NC(N)=O)c2)o1. The molecule has 19 heavy (non-hydrogen) atoms. The van der Waals surface area contributed by atoms with Crippen LogP contribution in [-0.2, 0) is 13.0 Å². The molecule has 1 heterocycles. The third-order valence-electron chi connectivity index (χ3n) is 2.66. The van der Waals surface area contributed by atoms with Gasteiger partial charge in [-0.2, -0.15) is 0 Å². The molecule has 5 heteroatoms. The molecule has 1 aromatic heterocycles. The molecule has 1 aromatic carbocycles. The van der Waals surface area contributed by atoms with E-state index in [0.29, 0.717) is 12.2 Å². The van der Waals surface area contributed by atoms with Gasteiger partial charge in [-0.15, -0.1) is 0 Å². The number of hydrogen-bond acceptors (Lipinski definition) is 3. The summed E-state index contributed by atoms with van der Waals surface area (Å²) in [5, 5.41) is 5.76. The lowest BCUT2D eigenvalue weighted by atomic mass is 10.2. The highest BCUT2D eigenvalue weighted by Crippen LogP contribution is 2.16. The van der Waals surface area contributed by atoms with Crippen LogP contribution in [0.1, 0.15) is 18.4 Å². The van der Waals surface area contributed by atoms with Crippen molar-refractivity contribution in [3.8, 4) is 0 Å². The molecule has 5 nitrogen and oxygen atoms in total. The van der Waals surface area contributed by atoms with Gasteiger partial charge in [0.2, 0.25) is 0 Å². The van der Waals surface area contributed by atoms with Gasteiger partial charge in [0, 0.05) is 17.8 Å². The molecule has 100 valence electrons. The minimum absolute atomic E-state index is 0.573. The molecular weight excluding hydrogens is 242 g/mol. The lowest BCUT2D eigenvalue weighted by Gasteiger charge is -2.07. The second-order valence-corrected chi connectivity index (χ2v) is 4.15. The molecule has 0 fully saturated rings. The maximum atomic E-state index is 10.8. The first-order chi connectivity index (χ1) is 9.17. The molecule has 2 aromatic rings. The van der Waals surface area contributed by atoms with E-state index in [9.17, 15) is 4.79 Å². The minimum atomic E-state index is -0.573. The zero-order chi connectivity index (χ0) is 13.7. The Bertz CT molecular complexity index is 563. The second-order valence-electron chi connectivity index (χ2n) is 4.15. The number of aryl methyl sites for hydroxylation is 1. The number of rotatable bonds is 5. The molecule has 0 saturated carbocycles. The number of hydrogen-bond donors (Lipinski definition) is 3. The van der Waals surface area contributed by atoms with E-state index >= 15 is 0 Å². The van der Waals surface area contributed by atoms with Crippen LogP contribution < -0.4 is 16.4 Å². The molecule has 0 aliphatic carbocycles. The zero-order valence-electron chi connectivity index (χ0n) is 10.8. The van der Waals surface area contributed by atoms with Crippen molar-refractivity contribution >= 4 is 17.4 Å². The summed E-state index contributed by atoms with van der Waals surface area (Å²) in [5.41, 5.74) is 6.62. The van der Waals surface area contributed by atoms with Gasteiger partial charge in [0.25, 0.3) is 0 Å². The minimum Gasteiger partial charge on any atom is -0.464 e. The van der Waals surface area contributed by atoms with Crippen molar-refractivity contribution in [1.29, 1.82) is 0 Å². The van der Waals surface area contributed by atoms with Crippen LogP contribution in [0.25, 0.3) is 0 Å². The lowest BCUT2D eigenvalue weighted by Crippen LogP contribution is -2.19. The first-order valence-electron chi connectivity index (χ1n) is 6.15. The standard InChI is InChI=1S/C14H17N3O2/c1-2-12-6-7-13(19-12)9-16-10-4-3-5-11(8-10)17-14(15)18/h3-8,16H,2,9H2,1H3,(H3,15,17,18). The number of carbonyl (C=O) groups is 1. The molecule has 2 amide bonds. The molecule has 0 spiro atoms. The van der Waals surface area contributed by atoms with Gasteiger partial charge in [-0.3, -0.25) is 0 Å². The average molecular weight is 259 g/mol. The van der Waals surface area contributed by atoms with Gasteiger partial charge in [0.05, 0.1) is 6.54 Å². The Hall–Kier alpha value is -2.43. The van der Waals surface area contributed by atoms with Crippen molar-refractivity contribution in [2.24, 2.45) is 5.73 Å². The van der Waals surface area contributed by atoms with Crippen molar-refractivity contribution in [2.75, 3.05) is 10.6 Å². The summed E-state index contributed by atoms with van der Waals surface area (Å²) in [6, 6.07) is 10.7. The summed E-state index contributed by atoms with van der Waals surface area (Å²) in [4.78, 5) is 10.8. The maximum Gasteiger partial charge on any atom is 0.316 e. The zero-order valence-corrected chi connectivity index (χ0v) is 10.8. The van der Waals surface area contributed by atoms with E-state index in [2.05, 4.69) is 17.6 Å². The topological polar surface area (TPSA) is 80.3 Å². The highest BCUT2D eigenvalue weighted by atomic mass is 16.3. The van der Waals surface area contributed by atoms with Crippen LogP contribution in [-0.4, -0.2) is 6.03 Å². The fourth-order valence-corrected chi connectivity index (χ4v) is 1.75. The first kappa shape index (κ1) is 13.0. The van der Waals surface area contributed by atoms with Crippen molar-refractivity contribution in [3.05, 3.63) is 47.9 Å².